The lowest BCUT2D eigenvalue weighted by Gasteiger charge is -2.17. The van der Waals surface area contributed by atoms with E-state index < -0.39 is 0 Å². The normalized spacial score (nSPS) is 12.4. The van der Waals surface area contributed by atoms with Crippen molar-refractivity contribution in [1.29, 1.82) is 0 Å². The van der Waals surface area contributed by atoms with E-state index in [9.17, 15) is 4.39 Å². The fourth-order valence-corrected chi connectivity index (χ4v) is 3.07. The van der Waals surface area contributed by atoms with Crippen molar-refractivity contribution in [3.63, 3.8) is 0 Å². The summed E-state index contributed by atoms with van der Waals surface area (Å²) < 4.78 is 13.2. The highest BCUT2D eigenvalue weighted by molar-refractivity contribution is 7.12. The van der Waals surface area contributed by atoms with E-state index in [-0.39, 0.29) is 11.9 Å². The zero-order valence-electron chi connectivity index (χ0n) is 10.8. The average Bonchev–Trinajstić information content (AvgIpc) is 2.63. The van der Waals surface area contributed by atoms with Crippen molar-refractivity contribution in [3.05, 3.63) is 45.4 Å². The topological polar surface area (TPSA) is 38.0 Å². The first kappa shape index (κ1) is 12.9. The molecule has 4 heteroatoms. The standard InChI is InChI=1S/C14H17FN2S/c1-8-6-12(10(3)18-8)9(2)17-14-7-11(15)4-5-13(14)16/h4-7,9,17H,16H2,1-3H3. The molecule has 1 aromatic carbocycles. The Morgan fingerprint density at radius 3 is 2.61 bits per heavy atom. The van der Waals surface area contributed by atoms with Crippen molar-refractivity contribution >= 4 is 22.7 Å². The molecular weight excluding hydrogens is 247 g/mol. The van der Waals surface area contributed by atoms with Gasteiger partial charge in [-0.3, -0.25) is 0 Å². The van der Waals surface area contributed by atoms with Crippen LogP contribution in [0.2, 0.25) is 0 Å². The van der Waals surface area contributed by atoms with E-state index in [0.29, 0.717) is 11.4 Å². The predicted octanol–water partition coefficient (Wildman–Crippen LogP) is 4.26. The Balaban J connectivity index is 2.23. The molecule has 0 bridgehead atoms. The van der Waals surface area contributed by atoms with Gasteiger partial charge in [0.05, 0.1) is 11.4 Å². The molecule has 0 aliphatic rings. The fourth-order valence-electron chi connectivity index (χ4n) is 2.04. The summed E-state index contributed by atoms with van der Waals surface area (Å²) in [4.78, 5) is 2.56. The molecule has 1 atom stereocenters. The second kappa shape index (κ2) is 4.98. The Bertz CT molecular complexity index is 563. The number of benzene rings is 1. The second-order valence-corrected chi connectivity index (χ2v) is 5.93. The van der Waals surface area contributed by atoms with E-state index in [2.05, 4.69) is 32.2 Å². The zero-order chi connectivity index (χ0) is 13.3. The highest BCUT2D eigenvalue weighted by Gasteiger charge is 2.12. The van der Waals surface area contributed by atoms with Crippen molar-refractivity contribution in [2.24, 2.45) is 0 Å². The van der Waals surface area contributed by atoms with Gasteiger partial charge < -0.3 is 11.1 Å². The van der Waals surface area contributed by atoms with Crippen molar-refractivity contribution in [1.82, 2.24) is 0 Å². The Hall–Kier alpha value is -1.55. The van der Waals surface area contributed by atoms with Crippen LogP contribution >= 0.6 is 11.3 Å². The molecule has 2 aromatic rings. The zero-order valence-corrected chi connectivity index (χ0v) is 11.6. The van der Waals surface area contributed by atoms with Crippen LogP contribution in [-0.2, 0) is 0 Å². The van der Waals surface area contributed by atoms with Crippen LogP contribution in [0.1, 0.15) is 28.3 Å². The molecule has 0 fully saturated rings. The van der Waals surface area contributed by atoms with Crippen LogP contribution in [0, 0.1) is 19.7 Å². The van der Waals surface area contributed by atoms with Gasteiger partial charge in [-0.25, -0.2) is 4.39 Å². The average molecular weight is 264 g/mol. The molecule has 2 rings (SSSR count). The van der Waals surface area contributed by atoms with E-state index in [1.807, 2.05) is 0 Å². The Labute approximate surface area is 111 Å². The number of nitrogens with one attached hydrogen (secondary N) is 1. The first-order valence-electron chi connectivity index (χ1n) is 5.86. The summed E-state index contributed by atoms with van der Waals surface area (Å²) in [6, 6.07) is 6.65. The van der Waals surface area contributed by atoms with Crippen molar-refractivity contribution in [2.75, 3.05) is 11.1 Å². The van der Waals surface area contributed by atoms with Crippen molar-refractivity contribution < 1.29 is 4.39 Å². The molecule has 2 nitrogen and oxygen atoms in total. The molecule has 0 spiro atoms. The van der Waals surface area contributed by atoms with E-state index >= 15 is 0 Å². The quantitative estimate of drug-likeness (QED) is 0.813. The van der Waals surface area contributed by atoms with Crippen LogP contribution in [0.25, 0.3) is 0 Å². The minimum atomic E-state index is -0.280. The molecule has 1 heterocycles. The highest BCUT2D eigenvalue weighted by atomic mass is 32.1. The van der Waals surface area contributed by atoms with Gasteiger partial charge in [-0.05, 0) is 50.6 Å². The largest absolute Gasteiger partial charge is 0.397 e. The molecule has 0 saturated heterocycles. The molecule has 0 radical (unpaired) electrons. The van der Waals surface area contributed by atoms with Crippen LogP contribution < -0.4 is 11.1 Å². The molecule has 0 amide bonds. The van der Waals surface area contributed by atoms with Gasteiger partial charge in [-0.15, -0.1) is 11.3 Å². The van der Waals surface area contributed by atoms with Crippen molar-refractivity contribution in [3.8, 4) is 0 Å². The third kappa shape index (κ3) is 2.64. The molecule has 1 aromatic heterocycles. The summed E-state index contributed by atoms with van der Waals surface area (Å²) in [5.74, 6) is -0.280. The lowest BCUT2D eigenvalue weighted by atomic mass is 10.1. The summed E-state index contributed by atoms with van der Waals surface area (Å²) in [6.45, 7) is 6.24. The monoisotopic (exact) mass is 264 g/mol. The predicted molar refractivity (Wildman–Crippen MR) is 76.6 cm³/mol. The number of anilines is 2. The third-order valence-corrected chi connectivity index (χ3v) is 3.91. The van der Waals surface area contributed by atoms with Crippen molar-refractivity contribution in [2.45, 2.75) is 26.8 Å². The highest BCUT2D eigenvalue weighted by Crippen LogP contribution is 2.30. The molecule has 18 heavy (non-hydrogen) atoms. The molecule has 0 aliphatic carbocycles. The number of halogens is 1. The lowest BCUT2D eigenvalue weighted by molar-refractivity contribution is 0.628. The van der Waals surface area contributed by atoms with Crippen LogP contribution in [0.15, 0.2) is 24.3 Å². The number of aryl methyl sites for hydroxylation is 2. The summed E-state index contributed by atoms with van der Waals surface area (Å²) >= 11 is 1.77. The van der Waals surface area contributed by atoms with Gasteiger partial charge >= 0.3 is 0 Å². The number of rotatable bonds is 3. The lowest BCUT2D eigenvalue weighted by Crippen LogP contribution is -2.08. The van der Waals surface area contributed by atoms with E-state index in [0.717, 1.165) is 0 Å². The number of nitrogen functional groups attached to an aromatic ring is 1. The molecule has 0 aliphatic heterocycles. The van der Waals surface area contributed by atoms with Crippen LogP contribution in [0.4, 0.5) is 15.8 Å². The number of hydrogen-bond acceptors (Lipinski definition) is 3. The molecule has 3 N–H and O–H groups in total. The third-order valence-electron chi connectivity index (χ3n) is 2.93. The van der Waals surface area contributed by atoms with Gasteiger partial charge in [0.2, 0.25) is 0 Å². The maximum atomic E-state index is 13.2. The fraction of sp³-hybridized carbons (Fsp3) is 0.286. The molecule has 1 unspecified atom stereocenters. The number of thiophene rings is 1. The molecule has 96 valence electrons. The van der Waals surface area contributed by atoms with E-state index in [1.165, 1.54) is 27.5 Å². The minimum absolute atomic E-state index is 0.110. The van der Waals surface area contributed by atoms with Gasteiger partial charge in [-0.1, -0.05) is 0 Å². The minimum Gasteiger partial charge on any atom is -0.397 e. The summed E-state index contributed by atoms with van der Waals surface area (Å²) in [5, 5.41) is 3.26. The number of nitrogens with two attached hydrogens (primary N) is 1. The van der Waals surface area contributed by atoms with Gasteiger partial charge in [-0.2, -0.15) is 0 Å². The summed E-state index contributed by atoms with van der Waals surface area (Å²) in [6.07, 6.45) is 0. The van der Waals surface area contributed by atoms with E-state index in [4.69, 9.17) is 5.73 Å². The first-order valence-corrected chi connectivity index (χ1v) is 6.67. The number of hydrogen-bond donors (Lipinski definition) is 2. The SMILES string of the molecule is Cc1cc(C(C)Nc2cc(F)ccc2N)c(C)s1. The second-order valence-electron chi connectivity index (χ2n) is 4.47. The van der Waals surface area contributed by atoms with Crippen LogP contribution in [-0.4, -0.2) is 0 Å². The van der Waals surface area contributed by atoms with Gasteiger partial charge in [0, 0.05) is 15.8 Å². The Morgan fingerprint density at radius 1 is 1.28 bits per heavy atom. The summed E-state index contributed by atoms with van der Waals surface area (Å²) in [5.41, 5.74) is 8.28. The molecule has 0 saturated carbocycles. The van der Waals surface area contributed by atoms with Crippen LogP contribution in [0.5, 0.6) is 0 Å². The van der Waals surface area contributed by atoms with Gasteiger partial charge in [0.1, 0.15) is 5.82 Å². The summed E-state index contributed by atoms with van der Waals surface area (Å²) in [7, 11) is 0. The maximum absolute atomic E-state index is 13.2. The Kier molecular flexibility index (Phi) is 3.57. The first-order chi connectivity index (χ1) is 8.47. The molecular formula is C14H17FN2S. The van der Waals surface area contributed by atoms with Gasteiger partial charge in [0.25, 0.3) is 0 Å². The van der Waals surface area contributed by atoms with Crippen LogP contribution in [0.3, 0.4) is 0 Å². The maximum Gasteiger partial charge on any atom is 0.125 e. The van der Waals surface area contributed by atoms with E-state index in [1.54, 1.807) is 17.4 Å². The smallest absolute Gasteiger partial charge is 0.125 e. The van der Waals surface area contributed by atoms with Gasteiger partial charge in [0.15, 0.2) is 0 Å². The Morgan fingerprint density at radius 2 is 2.00 bits per heavy atom.